The molecule has 0 aromatic heterocycles. The molecule has 5 atom stereocenters. The fraction of sp³-hybridized carbons (Fsp3) is 0.393. The Hall–Kier alpha value is -5.85. The van der Waals surface area contributed by atoms with Crippen LogP contribution in [0.25, 0.3) is 0 Å². The minimum Gasteiger partial charge on any atom is -0.493 e. The second-order valence-electron chi connectivity index (χ2n) is 19.2. The zero-order valence-corrected chi connectivity index (χ0v) is 44.1. The number of aryl methyl sites for hydroxylation is 2. The van der Waals surface area contributed by atoms with Crippen LogP contribution in [0.15, 0.2) is 91.0 Å². The molecule has 0 saturated heterocycles. The number of carbonyl (C=O) groups excluding carboxylic acids is 4. The van der Waals surface area contributed by atoms with Crippen molar-refractivity contribution in [3.63, 3.8) is 0 Å². The summed E-state index contributed by atoms with van der Waals surface area (Å²) in [5.74, 6) is 0.817. The highest BCUT2D eigenvalue weighted by molar-refractivity contribution is 8.76. The highest BCUT2D eigenvalue weighted by atomic mass is 33.1. The van der Waals surface area contributed by atoms with Crippen molar-refractivity contribution in [1.82, 2.24) is 0 Å². The predicted molar refractivity (Wildman–Crippen MR) is 286 cm³/mol. The molecule has 17 heteroatoms. The molecule has 2 N–H and O–H groups in total. The second kappa shape index (κ2) is 22.3. The molecule has 4 heterocycles. The summed E-state index contributed by atoms with van der Waals surface area (Å²) in [7, 11) is 1.24. The monoisotopic (exact) mass is 1050 g/mol. The summed E-state index contributed by atoms with van der Waals surface area (Å²) in [5.41, 5.74) is 8.75. The van der Waals surface area contributed by atoms with Gasteiger partial charge in [0.2, 0.25) is 5.91 Å². The molecule has 4 aliphatic rings. The number of amides is 3. The van der Waals surface area contributed by atoms with Gasteiger partial charge >= 0.3 is 0 Å². The number of carbonyl (C=O) groups is 4. The number of rotatable bonds is 20. The molecule has 0 aliphatic carbocycles. The summed E-state index contributed by atoms with van der Waals surface area (Å²) in [6, 6.07) is 27.9. The Morgan fingerprint density at radius 3 is 2.12 bits per heavy atom. The SMILES string of the molecule is CCC(=O)CCC(C)SSCCC(C(=O)Nc1cc(COc2cc3c(cc2C)C(=O)N2c4ccccc4C[C@H]2C(O)C3)cc(COc2cc3c(cc2OC)C(=O)N2c4ccccc4C[C@H]2CC3)c1)S(=O)(=O)OC. The number of ketones is 1. The van der Waals surface area contributed by atoms with Crippen molar-refractivity contribution in [2.24, 2.45) is 0 Å². The van der Waals surface area contributed by atoms with Crippen LogP contribution in [-0.4, -0.2) is 85.7 Å². The summed E-state index contributed by atoms with van der Waals surface area (Å²) >= 11 is 0. The molecule has 0 spiro atoms. The Balaban J connectivity index is 0.966. The average molecular weight is 1050 g/mol. The fourth-order valence-electron chi connectivity index (χ4n) is 10.4. The lowest BCUT2D eigenvalue weighted by molar-refractivity contribution is -0.119. The predicted octanol–water partition coefficient (Wildman–Crippen LogP) is 9.37. The minimum atomic E-state index is -4.32. The van der Waals surface area contributed by atoms with E-state index in [4.69, 9.17) is 18.4 Å². The van der Waals surface area contributed by atoms with Gasteiger partial charge in [0.05, 0.1) is 26.4 Å². The molecular formula is C56H61N3O11S3. The number of methoxy groups -OCH3 is 1. The van der Waals surface area contributed by atoms with Gasteiger partial charge in [0, 0.05) is 64.5 Å². The number of para-hydroxylation sites is 2. The smallest absolute Gasteiger partial charge is 0.279 e. The number of anilines is 3. The standard InChI is InChI=1S/C56H61N3O11S3/c1-6-43(60)18-15-34(3)72-71-20-19-53(73(65,66)68-5)54(62)57-41-23-35(31-69-50-29-40-27-49(61)48-26-39-12-8-10-14-47(39)59(48)56(64)44(40)21-33(50)2)22-36(24-41)32-70-52-28-37-16-17-42-25-38-11-7-9-13-46(38)58(42)55(63)45(37)30-51(52)67-4/h7-14,21-24,28-30,34,42,48-49,53,61H,6,15-20,25-27,31-32H2,1-5H3,(H,57,62)/t34?,42-,48+,49?,53?/m1/s1. The lowest BCUT2D eigenvalue weighted by atomic mass is 9.96. The summed E-state index contributed by atoms with van der Waals surface area (Å²) in [6.45, 7) is 5.72. The van der Waals surface area contributed by atoms with Gasteiger partial charge in [-0.05, 0) is 139 Å². The Labute approximate surface area is 435 Å². The van der Waals surface area contributed by atoms with E-state index in [1.807, 2.05) is 92.4 Å². The second-order valence-corrected chi connectivity index (χ2v) is 24.0. The lowest BCUT2D eigenvalue weighted by Gasteiger charge is -2.26. The van der Waals surface area contributed by atoms with Crippen molar-refractivity contribution < 1.29 is 51.1 Å². The molecule has 0 saturated carbocycles. The van der Waals surface area contributed by atoms with Gasteiger partial charge in [-0.3, -0.25) is 23.4 Å². The summed E-state index contributed by atoms with van der Waals surface area (Å²) in [6.07, 6.45) is 3.88. The van der Waals surface area contributed by atoms with Crippen molar-refractivity contribution in [2.45, 2.75) is 120 Å². The highest BCUT2D eigenvalue weighted by Crippen LogP contribution is 2.42. The van der Waals surface area contributed by atoms with Crippen molar-refractivity contribution in [1.29, 1.82) is 0 Å². The molecule has 5 aromatic rings. The molecule has 3 amide bonds. The Kier molecular flexibility index (Phi) is 15.9. The van der Waals surface area contributed by atoms with Gasteiger partial charge in [-0.2, -0.15) is 8.42 Å². The number of fused-ring (bicyclic) bond motifs is 8. The molecule has 3 unspecified atom stereocenters. The number of hydrogen-bond acceptors (Lipinski definition) is 13. The van der Waals surface area contributed by atoms with Gasteiger partial charge in [-0.1, -0.05) is 71.8 Å². The maximum absolute atomic E-state index is 14.2. The molecule has 4 aliphatic heterocycles. The van der Waals surface area contributed by atoms with E-state index in [0.29, 0.717) is 94.2 Å². The molecule has 9 rings (SSSR count). The first-order chi connectivity index (χ1) is 35.2. The number of aliphatic hydroxyl groups is 1. The summed E-state index contributed by atoms with van der Waals surface area (Å²) in [4.78, 5) is 57.9. The van der Waals surface area contributed by atoms with Crippen molar-refractivity contribution in [2.75, 3.05) is 35.1 Å². The first-order valence-electron chi connectivity index (χ1n) is 24.8. The maximum atomic E-state index is 14.2. The first kappa shape index (κ1) is 52.0. The van der Waals surface area contributed by atoms with Gasteiger partial charge in [0.25, 0.3) is 21.9 Å². The van der Waals surface area contributed by atoms with Gasteiger partial charge in [0.15, 0.2) is 16.7 Å². The molecular weight excluding hydrogens is 987 g/mol. The largest absolute Gasteiger partial charge is 0.493 e. The van der Waals surface area contributed by atoms with Crippen LogP contribution >= 0.6 is 21.6 Å². The third-order valence-corrected chi connectivity index (χ3v) is 18.9. The number of hydrogen-bond donors (Lipinski definition) is 2. The Morgan fingerprint density at radius 1 is 0.781 bits per heavy atom. The van der Waals surface area contributed by atoms with E-state index in [-0.39, 0.29) is 54.9 Å². The van der Waals surface area contributed by atoms with E-state index in [1.165, 1.54) is 17.9 Å². The van der Waals surface area contributed by atoms with Gasteiger partial charge in [-0.25, -0.2) is 0 Å². The first-order valence-corrected chi connectivity index (χ1v) is 28.7. The lowest BCUT2D eigenvalue weighted by Crippen LogP contribution is -2.43. The van der Waals surface area contributed by atoms with Crippen LogP contribution in [0.5, 0.6) is 17.2 Å². The molecule has 5 aromatic carbocycles. The summed E-state index contributed by atoms with van der Waals surface area (Å²) < 4.78 is 50.3. The molecule has 0 fully saturated rings. The van der Waals surface area contributed by atoms with E-state index in [1.54, 1.807) is 33.9 Å². The normalized spacial score (nSPS) is 18.5. The number of Topliss-reactive ketones (excluding diaryl/α,β-unsaturated/α-hetero) is 1. The third kappa shape index (κ3) is 11.2. The van der Waals surface area contributed by atoms with Crippen molar-refractivity contribution in [3.05, 3.63) is 141 Å². The van der Waals surface area contributed by atoms with E-state index < -0.39 is 33.4 Å². The van der Waals surface area contributed by atoms with E-state index in [0.717, 1.165) is 48.0 Å². The van der Waals surface area contributed by atoms with Gasteiger partial charge < -0.3 is 34.4 Å². The molecule has 384 valence electrons. The number of ether oxygens (including phenoxy) is 3. The zero-order valence-electron chi connectivity index (χ0n) is 41.7. The molecule has 73 heavy (non-hydrogen) atoms. The number of benzene rings is 5. The number of nitrogens with zero attached hydrogens (tertiary/aromatic N) is 2. The summed E-state index contributed by atoms with van der Waals surface area (Å²) in [5, 5.41) is 13.0. The van der Waals surface area contributed by atoms with Crippen LogP contribution in [0, 0.1) is 6.92 Å². The molecule has 0 radical (unpaired) electrons. The van der Waals surface area contributed by atoms with Crippen molar-refractivity contribution >= 4 is 72.3 Å². The quantitative estimate of drug-likeness (QED) is 0.0429. The van der Waals surface area contributed by atoms with Crippen LogP contribution in [0.1, 0.15) is 106 Å². The number of aliphatic hydroxyl groups excluding tert-OH is 1. The van der Waals surface area contributed by atoms with Gasteiger partial charge in [-0.15, -0.1) is 0 Å². The Bertz CT molecular complexity index is 3060. The van der Waals surface area contributed by atoms with Crippen LogP contribution < -0.4 is 29.3 Å². The van der Waals surface area contributed by atoms with E-state index in [2.05, 4.69) is 11.4 Å². The third-order valence-electron chi connectivity index (χ3n) is 14.3. The highest BCUT2D eigenvalue weighted by Gasteiger charge is 2.42. The fourth-order valence-corrected chi connectivity index (χ4v) is 13.9. The van der Waals surface area contributed by atoms with E-state index in [9.17, 15) is 32.7 Å². The van der Waals surface area contributed by atoms with Crippen LogP contribution in [-0.2, 0) is 62.8 Å². The molecule has 14 nitrogen and oxygen atoms in total. The molecule has 0 bridgehead atoms. The Morgan fingerprint density at radius 2 is 1.42 bits per heavy atom. The van der Waals surface area contributed by atoms with Crippen LogP contribution in [0.3, 0.4) is 0 Å². The van der Waals surface area contributed by atoms with Crippen LogP contribution in [0.4, 0.5) is 17.1 Å². The average Bonchev–Trinajstić information content (AvgIpc) is 3.91. The van der Waals surface area contributed by atoms with Gasteiger partial charge in [0.1, 0.15) is 24.7 Å². The zero-order chi connectivity index (χ0) is 51.6. The van der Waals surface area contributed by atoms with Crippen LogP contribution in [0.2, 0.25) is 0 Å². The number of nitrogens with one attached hydrogen (secondary N) is 1. The minimum absolute atomic E-state index is 0.00367. The topological polar surface area (TPSA) is 178 Å². The maximum Gasteiger partial charge on any atom is 0.279 e. The van der Waals surface area contributed by atoms with Crippen molar-refractivity contribution in [3.8, 4) is 17.2 Å². The van der Waals surface area contributed by atoms with E-state index >= 15 is 0 Å².